The van der Waals surface area contributed by atoms with Gasteiger partial charge in [-0.15, -0.1) is 11.3 Å². The maximum Gasteiger partial charge on any atom is 0.207 e. The normalized spacial score (nSPS) is 20.1. The Morgan fingerprint density at radius 3 is 2.53 bits per heavy atom. The number of nitrogens with zero attached hydrogens (tertiary/aromatic N) is 2. The summed E-state index contributed by atoms with van der Waals surface area (Å²) in [6.07, 6.45) is 7.30. The Morgan fingerprint density at radius 1 is 1.10 bits per heavy atom. The number of hydroxylamine groups is 2. The lowest BCUT2D eigenvalue weighted by atomic mass is 10.0. The van der Waals surface area contributed by atoms with E-state index in [0.29, 0.717) is 4.90 Å². The van der Waals surface area contributed by atoms with E-state index in [4.69, 9.17) is 9.82 Å². The summed E-state index contributed by atoms with van der Waals surface area (Å²) in [5.74, 6) is 0. The second kappa shape index (κ2) is 6.63. The van der Waals surface area contributed by atoms with E-state index in [1.54, 1.807) is 23.5 Å². The van der Waals surface area contributed by atoms with Gasteiger partial charge in [0.25, 0.3) is 0 Å². The minimum absolute atomic E-state index is 0.304. The molecule has 7 heteroatoms. The number of benzene rings is 2. The van der Waals surface area contributed by atoms with Gasteiger partial charge in [0, 0.05) is 23.6 Å². The van der Waals surface area contributed by atoms with Gasteiger partial charge < -0.3 is 0 Å². The third kappa shape index (κ3) is 3.39. The summed E-state index contributed by atoms with van der Waals surface area (Å²) in [7, 11) is -3.23. The highest BCUT2D eigenvalue weighted by Gasteiger charge is 2.49. The summed E-state index contributed by atoms with van der Waals surface area (Å²) in [5, 5.41) is 2.66. The van der Waals surface area contributed by atoms with Crippen molar-refractivity contribution in [1.82, 2.24) is 10.0 Å². The predicted octanol–water partition coefficient (Wildman–Crippen LogP) is 5.06. The molecule has 0 radical (unpaired) electrons. The summed E-state index contributed by atoms with van der Waals surface area (Å²) < 4.78 is 23.6. The lowest BCUT2D eigenvalue weighted by Gasteiger charge is -2.09. The highest BCUT2D eigenvalue weighted by Crippen LogP contribution is 2.46. The Balaban J connectivity index is 1.64. The van der Waals surface area contributed by atoms with E-state index in [2.05, 4.69) is 31.2 Å². The number of allylic oxidation sites excluding steroid dienone is 2. The zero-order valence-corrected chi connectivity index (χ0v) is 18.4. The molecular weight excluding hydrogens is 416 g/mol. The molecule has 3 heterocycles. The number of sulfone groups is 1. The smallest absolute Gasteiger partial charge is 0.207 e. The van der Waals surface area contributed by atoms with E-state index in [9.17, 15) is 8.42 Å². The highest BCUT2D eigenvalue weighted by molar-refractivity contribution is 7.90. The second-order valence-corrected chi connectivity index (χ2v) is 10.8. The van der Waals surface area contributed by atoms with E-state index < -0.39 is 15.6 Å². The Morgan fingerprint density at radius 2 is 1.87 bits per heavy atom. The van der Waals surface area contributed by atoms with Crippen LogP contribution in [-0.4, -0.2) is 30.4 Å². The van der Waals surface area contributed by atoms with Crippen molar-refractivity contribution in [2.75, 3.05) is 6.26 Å². The molecule has 0 saturated carbocycles. The van der Waals surface area contributed by atoms with Crippen LogP contribution in [0.1, 0.15) is 17.4 Å². The van der Waals surface area contributed by atoms with Gasteiger partial charge in [-0.1, -0.05) is 35.9 Å². The maximum atomic E-state index is 11.8. The summed E-state index contributed by atoms with van der Waals surface area (Å²) in [6.45, 7) is 4.09. The van der Waals surface area contributed by atoms with E-state index in [1.807, 2.05) is 42.5 Å². The van der Waals surface area contributed by atoms with Crippen molar-refractivity contribution in [3.63, 3.8) is 0 Å². The topological polar surface area (TPSA) is 62.6 Å². The zero-order valence-electron chi connectivity index (χ0n) is 16.8. The van der Waals surface area contributed by atoms with Gasteiger partial charge in [-0.3, -0.25) is 0 Å². The van der Waals surface area contributed by atoms with Gasteiger partial charge in [0.15, 0.2) is 9.84 Å². The van der Waals surface area contributed by atoms with Crippen LogP contribution in [0.15, 0.2) is 71.8 Å². The molecule has 2 aliphatic heterocycles. The van der Waals surface area contributed by atoms with Crippen LogP contribution >= 0.6 is 11.3 Å². The van der Waals surface area contributed by atoms with Crippen LogP contribution in [0, 0.1) is 6.92 Å². The number of rotatable bonds is 4. The van der Waals surface area contributed by atoms with Crippen molar-refractivity contribution in [2.24, 2.45) is 0 Å². The molecule has 1 saturated heterocycles. The number of aryl methyl sites for hydroxylation is 1. The van der Waals surface area contributed by atoms with Gasteiger partial charge in [-0.05, 0) is 49.8 Å². The molecule has 30 heavy (non-hydrogen) atoms. The van der Waals surface area contributed by atoms with Crippen molar-refractivity contribution in [3.05, 3.63) is 77.3 Å². The average Bonchev–Trinajstić information content (AvgIpc) is 3.18. The first-order valence-electron chi connectivity index (χ1n) is 9.51. The molecule has 1 unspecified atom stereocenters. The molecule has 152 valence electrons. The summed E-state index contributed by atoms with van der Waals surface area (Å²) in [5.41, 5.74) is 4.71. The molecule has 3 aromatic rings. The van der Waals surface area contributed by atoms with Crippen LogP contribution in [0.5, 0.6) is 0 Å². The molecule has 0 amide bonds. The number of fused-ring (bicyclic) bond motifs is 1. The fourth-order valence-corrected chi connectivity index (χ4v) is 5.26. The molecule has 0 N–H and O–H groups in total. The lowest BCUT2D eigenvalue weighted by molar-refractivity contribution is 0.249. The van der Waals surface area contributed by atoms with Crippen molar-refractivity contribution in [3.8, 4) is 21.8 Å². The van der Waals surface area contributed by atoms with Crippen molar-refractivity contribution in [1.29, 1.82) is 0 Å². The van der Waals surface area contributed by atoms with Crippen LogP contribution in [0.4, 0.5) is 0 Å². The van der Waals surface area contributed by atoms with Gasteiger partial charge >= 0.3 is 0 Å². The van der Waals surface area contributed by atoms with Crippen molar-refractivity contribution in [2.45, 2.75) is 24.5 Å². The van der Waals surface area contributed by atoms with Gasteiger partial charge in [0.1, 0.15) is 5.01 Å². The highest BCUT2D eigenvalue weighted by atomic mass is 32.2. The summed E-state index contributed by atoms with van der Waals surface area (Å²) >= 11 is 1.60. The quantitative estimate of drug-likeness (QED) is 0.535. The molecule has 1 aromatic heterocycles. The number of hydrogen-bond donors (Lipinski definition) is 0. The first-order valence-corrected chi connectivity index (χ1v) is 12.2. The van der Waals surface area contributed by atoms with Crippen LogP contribution in [0.2, 0.25) is 0 Å². The SMILES string of the molecule is Cc1cccc(-c2nc(-c3ccc(S(C)(=O)=O)cc3)sc2C2=CC3(C)ON3C=C2)c1. The predicted molar refractivity (Wildman–Crippen MR) is 119 cm³/mol. The van der Waals surface area contributed by atoms with Crippen LogP contribution in [0.25, 0.3) is 27.4 Å². The number of thiazole rings is 1. The maximum absolute atomic E-state index is 11.8. The first-order chi connectivity index (χ1) is 14.2. The van der Waals surface area contributed by atoms with Crippen molar-refractivity contribution >= 4 is 26.7 Å². The Hall–Kier alpha value is -2.74. The molecular formula is C23H20N2O3S2. The van der Waals surface area contributed by atoms with Gasteiger partial charge in [-0.2, -0.15) is 0 Å². The molecule has 5 nitrogen and oxygen atoms in total. The van der Waals surface area contributed by atoms with Gasteiger partial charge in [0.2, 0.25) is 5.72 Å². The largest absolute Gasteiger partial charge is 0.236 e. The van der Waals surface area contributed by atoms with E-state index in [0.717, 1.165) is 32.3 Å². The third-order valence-electron chi connectivity index (χ3n) is 5.21. The number of aromatic nitrogens is 1. The molecule has 0 bridgehead atoms. The Labute approximate surface area is 179 Å². The van der Waals surface area contributed by atoms with Gasteiger partial charge in [-0.25, -0.2) is 23.3 Å². The molecule has 2 aliphatic rings. The minimum Gasteiger partial charge on any atom is -0.236 e. The van der Waals surface area contributed by atoms with Crippen molar-refractivity contribution < 1.29 is 13.3 Å². The Bertz CT molecular complexity index is 1320. The average molecular weight is 437 g/mol. The number of hydrogen-bond acceptors (Lipinski definition) is 6. The summed E-state index contributed by atoms with van der Waals surface area (Å²) in [6, 6.07) is 15.2. The standard InChI is InChI=1S/C23H20N2O3S2/c1-15-5-4-6-17(13-15)20-21(18-11-12-25-23(2,14-18)28-25)29-22(24-20)16-7-9-19(10-8-16)30(3,26)27/h4-14H,1-3H3. The van der Waals surface area contributed by atoms with E-state index >= 15 is 0 Å². The van der Waals surface area contributed by atoms with E-state index in [-0.39, 0.29) is 0 Å². The lowest BCUT2D eigenvalue weighted by Crippen LogP contribution is -2.09. The monoisotopic (exact) mass is 436 g/mol. The Kier molecular flexibility index (Phi) is 4.25. The molecule has 0 spiro atoms. The van der Waals surface area contributed by atoms with Crippen LogP contribution in [0.3, 0.4) is 0 Å². The van der Waals surface area contributed by atoms with Crippen LogP contribution < -0.4 is 0 Å². The summed E-state index contributed by atoms with van der Waals surface area (Å²) in [4.78, 5) is 11.9. The minimum atomic E-state index is -3.23. The molecule has 2 aromatic carbocycles. The molecule has 5 rings (SSSR count). The fraction of sp³-hybridized carbons (Fsp3) is 0.174. The van der Waals surface area contributed by atoms with Gasteiger partial charge in [0.05, 0.1) is 15.5 Å². The van der Waals surface area contributed by atoms with Crippen LogP contribution in [-0.2, 0) is 14.7 Å². The second-order valence-electron chi connectivity index (χ2n) is 7.75. The third-order valence-corrected chi connectivity index (χ3v) is 7.49. The zero-order chi connectivity index (χ0) is 21.1. The molecule has 0 aliphatic carbocycles. The molecule has 1 atom stereocenters. The molecule has 1 fully saturated rings. The first kappa shape index (κ1) is 19.2. The van der Waals surface area contributed by atoms with E-state index in [1.165, 1.54) is 11.8 Å². The fourth-order valence-electron chi connectivity index (χ4n) is 3.54.